The third-order valence-corrected chi connectivity index (χ3v) is 7.75. The van der Waals surface area contributed by atoms with Gasteiger partial charge >= 0.3 is 5.97 Å². The standard InChI is InChI=1S/C29H41NO3/c1-5-32-28(31)21-15-17-30(18-16-21)20-23-8-6-7-22-19-26(13-14-27(22)23)33-25-11-9-24(10-12-25)29(2,3)4/h6-8,13-14,19,21,24-25H,5,9-12,15-18,20H2,1-4H3/t24-,25-. The van der Waals surface area contributed by atoms with Gasteiger partial charge in [0.2, 0.25) is 0 Å². The predicted octanol–water partition coefficient (Wildman–Crippen LogP) is 6.60. The lowest BCUT2D eigenvalue weighted by Gasteiger charge is -2.37. The van der Waals surface area contributed by atoms with Gasteiger partial charge in [-0.2, -0.15) is 0 Å². The van der Waals surface area contributed by atoms with Crippen LogP contribution in [-0.2, 0) is 16.1 Å². The summed E-state index contributed by atoms with van der Waals surface area (Å²) in [6.07, 6.45) is 6.95. The highest BCUT2D eigenvalue weighted by Crippen LogP contribution is 2.39. The molecule has 1 heterocycles. The molecule has 4 nitrogen and oxygen atoms in total. The third kappa shape index (κ3) is 6.09. The van der Waals surface area contributed by atoms with Gasteiger partial charge in [0.05, 0.1) is 18.6 Å². The van der Waals surface area contributed by atoms with E-state index < -0.39 is 0 Å². The van der Waals surface area contributed by atoms with Gasteiger partial charge in [0.15, 0.2) is 0 Å². The monoisotopic (exact) mass is 451 g/mol. The van der Waals surface area contributed by atoms with E-state index in [1.165, 1.54) is 29.2 Å². The summed E-state index contributed by atoms with van der Waals surface area (Å²) in [5, 5.41) is 2.54. The Labute approximate surface area is 199 Å². The number of likely N-dealkylation sites (tertiary alicyclic amines) is 1. The Balaban J connectivity index is 1.36. The summed E-state index contributed by atoms with van der Waals surface area (Å²) < 4.78 is 11.6. The number of hydrogen-bond acceptors (Lipinski definition) is 4. The zero-order valence-corrected chi connectivity index (χ0v) is 20.9. The fourth-order valence-electron chi connectivity index (χ4n) is 5.61. The van der Waals surface area contributed by atoms with Crippen molar-refractivity contribution >= 4 is 16.7 Å². The second kappa shape index (κ2) is 10.5. The van der Waals surface area contributed by atoms with E-state index in [0.717, 1.165) is 57.0 Å². The van der Waals surface area contributed by atoms with Crippen LogP contribution < -0.4 is 4.74 Å². The van der Waals surface area contributed by atoms with Crippen LogP contribution in [-0.4, -0.2) is 36.7 Å². The molecule has 1 aliphatic carbocycles. The first kappa shape index (κ1) is 24.1. The molecule has 0 spiro atoms. The first-order valence-corrected chi connectivity index (χ1v) is 12.9. The lowest BCUT2D eigenvalue weighted by atomic mass is 9.72. The van der Waals surface area contributed by atoms with Crippen LogP contribution in [0.25, 0.3) is 10.8 Å². The molecule has 0 radical (unpaired) electrons. The summed E-state index contributed by atoms with van der Waals surface area (Å²) in [6, 6.07) is 13.2. The quantitative estimate of drug-likeness (QED) is 0.464. The largest absolute Gasteiger partial charge is 0.490 e. The summed E-state index contributed by atoms with van der Waals surface area (Å²) in [6.45, 7) is 12.2. The Morgan fingerprint density at radius 1 is 1.00 bits per heavy atom. The van der Waals surface area contributed by atoms with Crippen LogP contribution in [0.1, 0.15) is 71.8 Å². The number of carbonyl (C=O) groups is 1. The van der Waals surface area contributed by atoms with E-state index in [4.69, 9.17) is 9.47 Å². The van der Waals surface area contributed by atoms with Gasteiger partial charge in [0.25, 0.3) is 0 Å². The summed E-state index contributed by atoms with van der Waals surface area (Å²) in [7, 11) is 0. The molecule has 1 saturated carbocycles. The van der Waals surface area contributed by atoms with Crippen molar-refractivity contribution in [3.63, 3.8) is 0 Å². The Kier molecular flexibility index (Phi) is 7.63. The molecule has 0 amide bonds. The van der Waals surface area contributed by atoms with Crippen molar-refractivity contribution in [2.45, 2.75) is 78.9 Å². The molecule has 0 unspecified atom stereocenters. The lowest BCUT2D eigenvalue weighted by Crippen LogP contribution is -2.36. The molecule has 2 aromatic rings. The average molecular weight is 452 g/mol. The van der Waals surface area contributed by atoms with Gasteiger partial charge in [-0.1, -0.05) is 45.0 Å². The normalized spacial score (nSPS) is 22.9. The summed E-state index contributed by atoms with van der Waals surface area (Å²) in [5.74, 6) is 1.83. The van der Waals surface area contributed by atoms with E-state index in [2.05, 4.69) is 62.1 Å². The molecule has 1 aliphatic heterocycles. The highest BCUT2D eigenvalue weighted by molar-refractivity contribution is 5.87. The molecule has 180 valence electrons. The van der Waals surface area contributed by atoms with Crippen molar-refractivity contribution in [3.05, 3.63) is 42.0 Å². The maximum Gasteiger partial charge on any atom is 0.309 e. The van der Waals surface area contributed by atoms with Gasteiger partial charge in [-0.25, -0.2) is 0 Å². The van der Waals surface area contributed by atoms with E-state index in [0.29, 0.717) is 18.1 Å². The minimum atomic E-state index is -0.0262. The first-order valence-electron chi connectivity index (χ1n) is 12.9. The van der Waals surface area contributed by atoms with Crippen LogP contribution >= 0.6 is 0 Å². The molecule has 2 fully saturated rings. The zero-order chi connectivity index (χ0) is 23.4. The van der Waals surface area contributed by atoms with E-state index >= 15 is 0 Å². The summed E-state index contributed by atoms with van der Waals surface area (Å²) >= 11 is 0. The molecule has 0 atom stereocenters. The fourth-order valence-corrected chi connectivity index (χ4v) is 5.61. The van der Waals surface area contributed by atoms with Crippen molar-refractivity contribution in [2.75, 3.05) is 19.7 Å². The molecule has 2 aliphatic rings. The molecule has 2 aromatic carbocycles. The highest BCUT2D eigenvalue weighted by Gasteiger charge is 2.30. The maximum atomic E-state index is 12.0. The molecule has 0 N–H and O–H groups in total. The molecule has 4 heteroatoms. The Bertz CT molecular complexity index is 932. The highest BCUT2D eigenvalue weighted by atomic mass is 16.5. The fraction of sp³-hybridized carbons (Fsp3) is 0.621. The van der Waals surface area contributed by atoms with Gasteiger partial charge in [-0.15, -0.1) is 0 Å². The van der Waals surface area contributed by atoms with Crippen LogP contribution in [0.2, 0.25) is 0 Å². The SMILES string of the molecule is CCOC(=O)C1CCN(Cc2cccc3cc(O[C@H]4CC[C@H](C(C)(C)C)CC4)ccc23)CC1. The van der Waals surface area contributed by atoms with Gasteiger partial charge in [0, 0.05) is 6.54 Å². The van der Waals surface area contributed by atoms with E-state index in [1.54, 1.807) is 0 Å². The van der Waals surface area contributed by atoms with Crippen molar-refractivity contribution in [1.82, 2.24) is 4.90 Å². The third-order valence-electron chi connectivity index (χ3n) is 7.75. The lowest BCUT2D eigenvalue weighted by molar-refractivity contribution is -0.149. The zero-order valence-electron chi connectivity index (χ0n) is 20.9. The minimum absolute atomic E-state index is 0.0262. The predicted molar refractivity (Wildman–Crippen MR) is 134 cm³/mol. The van der Waals surface area contributed by atoms with Crippen LogP contribution in [0.15, 0.2) is 36.4 Å². The number of benzene rings is 2. The number of esters is 1. The van der Waals surface area contributed by atoms with Crippen molar-refractivity contribution in [1.29, 1.82) is 0 Å². The van der Waals surface area contributed by atoms with Crippen LogP contribution in [0.3, 0.4) is 0 Å². The molecule has 1 saturated heterocycles. The van der Waals surface area contributed by atoms with Crippen LogP contribution in [0.5, 0.6) is 5.75 Å². The minimum Gasteiger partial charge on any atom is -0.490 e. The molecular formula is C29H41NO3. The van der Waals surface area contributed by atoms with Gasteiger partial charge in [0.1, 0.15) is 5.75 Å². The van der Waals surface area contributed by atoms with Gasteiger partial charge in [-0.3, -0.25) is 9.69 Å². The second-order valence-corrected chi connectivity index (χ2v) is 11.1. The smallest absolute Gasteiger partial charge is 0.309 e. The molecule has 0 bridgehead atoms. The second-order valence-electron chi connectivity index (χ2n) is 11.1. The first-order chi connectivity index (χ1) is 15.8. The molecule has 0 aromatic heterocycles. The Hall–Kier alpha value is -2.07. The average Bonchev–Trinajstić information content (AvgIpc) is 2.79. The van der Waals surface area contributed by atoms with Crippen LogP contribution in [0, 0.1) is 17.3 Å². The van der Waals surface area contributed by atoms with E-state index in [9.17, 15) is 4.79 Å². The van der Waals surface area contributed by atoms with Crippen LogP contribution in [0.4, 0.5) is 0 Å². The Morgan fingerprint density at radius 3 is 2.39 bits per heavy atom. The van der Waals surface area contributed by atoms with Crippen molar-refractivity contribution in [2.24, 2.45) is 17.3 Å². The van der Waals surface area contributed by atoms with E-state index in [-0.39, 0.29) is 11.9 Å². The number of rotatable bonds is 6. The van der Waals surface area contributed by atoms with Crippen molar-refractivity contribution in [3.8, 4) is 5.75 Å². The van der Waals surface area contributed by atoms with Crippen molar-refractivity contribution < 1.29 is 14.3 Å². The summed E-state index contributed by atoms with van der Waals surface area (Å²) in [5.41, 5.74) is 1.75. The van der Waals surface area contributed by atoms with Gasteiger partial charge < -0.3 is 9.47 Å². The number of hydrogen-bond donors (Lipinski definition) is 0. The van der Waals surface area contributed by atoms with E-state index in [1.807, 2.05) is 6.92 Å². The molecule has 33 heavy (non-hydrogen) atoms. The maximum absolute atomic E-state index is 12.0. The van der Waals surface area contributed by atoms with Gasteiger partial charge in [-0.05, 0) is 98.3 Å². The topological polar surface area (TPSA) is 38.8 Å². The number of ether oxygens (including phenoxy) is 2. The number of carbonyl (C=O) groups excluding carboxylic acids is 1. The number of fused-ring (bicyclic) bond motifs is 1. The Morgan fingerprint density at radius 2 is 1.73 bits per heavy atom. The number of piperidine rings is 1. The summed E-state index contributed by atoms with van der Waals surface area (Å²) in [4.78, 5) is 14.5. The molecule has 4 rings (SSSR count). The number of nitrogens with zero attached hydrogens (tertiary/aromatic N) is 1. The molecular weight excluding hydrogens is 410 g/mol.